The van der Waals surface area contributed by atoms with Gasteiger partial charge in [-0.15, -0.1) is 11.3 Å². The van der Waals surface area contributed by atoms with Gasteiger partial charge in [0.05, 0.1) is 13.2 Å². The molecule has 1 unspecified atom stereocenters. The molecule has 32 heavy (non-hydrogen) atoms. The van der Waals surface area contributed by atoms with Crippen molar-refractivity contribution in [2.45, 2.75) is 40.3 Å². The fourth-order valence-electron chi connectivity index (χ4n) is 3.09. The summed E-state index contributed by atoms with van der Waals surface area (Å²) in [7, 11) is 0. The van der Waals surface area contributed by atoms with Crippen molar-refractivity contribution >= 4 is 29.2 Å². The van der Waals surface area contributed by atoms with Crippen LogP contribution in [-0.2, 0) is 27.4 Å². The summed E-state index contributed by atoms with van der Waals surface area (Å²) in [6, 6.07) is 13.3. The summed E-state index contributed by atoms with van der Waals surface area (Å²) in [5, 5.41) is 4.56. The highest BCUT2D eigenvalue weighted by atomic mass is 32.1. The molecule has 0 bridgehead atoms. The summed E-state index contributed by atoms with van der Waals surface area (Å²) in [5.74, 6) is -0.424. The van der Waals surface area contributed by atoms with Gasteiger partial charge in [-0.2, -0.15) is 0 Å². The highest BCUT2D eigenvalue weighted by Gasteiger charge is 2.23. The van der Waals surface area contributed by atoms with Crippen LogP contribution in [0.2, 0.25) is 0 Å². The smallest absolute Gasteiger partial charge is 0.325 e. The van der Waals surface area contributed by atoms with E-state index >= 15 is 0 Å². The van der Waals surface area contributed by atoms with Gasteiger partial charge in [0.1, 0.15) is 13.1 Å². The first-order chi connectivity index (χ1) is 15.4. The fourth-order valence-corrected chi connectivity index (χ4v) is 3.81. The SMILES string of the molecule is CCOC(=O)CNC(=O)N(CC(=O)N(Cc1ccccc1)Cc1cccs1)CC(C)CC. The van der Waals surface area contributed by atoms with Crippen molar-refractivity contribution in [3.63, 3.8) is 0 Å². The zero-order valence-electron chi connectivity index (χ0n) is 19.1. The van der Waals surface area contributed by atoms with Gasteiger partial charge < -0.3 is 19.9 Å². The van der Waals surface area contributed by atoms with Crippen LogP contribution in [0.5, 0.6) is 0 Å². The van der Waals surface area contributed by atoms with E-state index in [2.05, 4.69) is 5.32 Å². The van der Waals surface area contributed by atoms with Crippen molar-refractivity contribution in [1.29, 1.82) is 0 Å². The molecular formula is C24H33N3O4S. The van der Waals surface area contributed by atoms with Crippen molar-refractivity contribution in [2.75, 3.05) is 26.2 Å². The normalized spacial score (nSPS) is 11.5. The minimum atomic E-state index is -0.501. The third-order valence-electron chi connectivity index (χ3n) is 5.03. The molecule has 1 atom stereocenters. The largest absolute Gasteiger partial charge is 0.465 e. The van der Waals surface area contributed by atoms with Gasteiger partial charge in [0.25, 0.3) is 0 Å². The van der Waals surface area contributed by atoms with Gasteiger partial charge in [0.2, 0.25) is 5.91 Å². The van der Waals surface area contributed by atoms with Crippen LogP contribution < -0.4 is 5.32 Å². The number of amides is 3. The Hall–Kier alpha value is -2.87. The Morgan fingerprint density at radius 3 is 2.41 bits per heavy atom. The van der Waals surface area contributed by atoms with Crippen LogP contribution in [0, 0.1) is 5.92 Å². The summed E-state index contributed by atoms with van der Waals surface area (Å²) < 4.78 is 4.87. The van der Waals surface area contributed by atoms with Crippen molar-refractivity contribution in [3.8, 4) is 0 Å². The average Bonchev–Trinajstić information content (AvgIpc) is 3.30. The van der Waals surface area contributed by atoms with E-state index in [0.717, 1.165) is 16.9 Å². The quantitative estimate of drug-likeness (QED) is 0.488. The van der Waals surface area contributed by atoms with E-state index in [-0.39, 0.29) is 31.5 Å². The highest BCUT2D eigenvalue weighted by molar-refractivity contribution is 7.09. The monoisotopic (exact) mass is 459 g/mol. The van der Waals surface area contributed by atoms with Crippen molar-refractivity contribution in [3.05, 3.63) is 58.3 Å². The van der Waals surface area contributed by atoms with Crippen LogP contribution in [0.3, 0.4) is 0 Å². The predicted octanol–water partition coefficient (Wildman–Crippen LogP) is 3.90. The topological polar surface area (TPSA) is 79.0 Å². The van der Waals surface area contributed by atoms with Gasteiger partial charge in [0.15, 0.2) is 0 Å². The summed E-state index contributed by atoms with van der Waals surface area (Å²) in [6.07, 6.45) is 0.874. The number of nitrogens with zero attached hydrogens (tertiary/aromatic N) is 2. The first-order valence-electron chi connectivity index (χ1n) is 10.9. The Labute approximate surface area is 194 Å². The number of carbonyl (C=O) groups excluding carboxylic acids is 3. The lowest BCUT2D eigenvalue weighted by Gasteiger charge is -2.29. The lowest BCUT2D eigenvalue weighted by molar-refractivity contribution is -0.141. The third kappa shape index (κ3) is 8.70. The Bertz CT molecular complexity index is 842. The number of urea groups is 1. The molecule has 1 heterocycles. The van der Waals surface area contributed by atoms with Gasteiger partial charge in [-0.05, 0) is 29.9 Å². The molecule has 8 heteroatoms. The Kier molecular flexibility index (Phi) is 10.7. The second kappa shape index (κ2) is 13.5. The zero-order valence-corrected chi connectivity index (χ0v) is 19.9. The van der Waals surface area contributed by atoms with Crippen molar-refractivity contribution in [2.24, 2.45) is 5.92 Å². The molecule has 2 rings (SSSR count). The molecule has 0 aliphatic heterocycles. The van der Waals surface area contributed by atoms with Crippen molar-refractivity contribution in [1.82, 2.24) is 15.1 Å². The Morgan fingerprint density at radius 1 is 1.03 bits per heavy atom. The van der Waals surface area contributed by atoms with Gasteiger partial charge in [-0.3, -0.25) is 9.59 Å². The molecule has 1 N–H and O–H groups in total. The van der Waals surface area contributed by atoms with Gasteiger partial charge >= 0.3 is 12.0 Å². The molecule has 0 aliphatic rings. The van der Waals surface area contributed by atoms with Crippen LogP contribution in [0.25, 0.3) is 0 Å². The number of nitrogens with one attached hydrogen (secondary N) is 1. The second-order valence-electron chi connectivity index (χ2n) is 7.67. The number of carbonyl (C=O) groups is 3. The molecule has 3 amide bonds. The van der Waals surface area contributed by atoms with Gasteiger partial charge in [-0.25, -0.2) is 4.79 Å². The molecule has 174 valence electrons. The van der Waals surface area contributed by atoms with E-state index in [0.29, 0.717) is 19.6 Å². The van der Waals surface area contributed by atoms with Gasteiger partial charge in [-0.1, -0.05) is 56.7 Å². The molecule has 0 radical (unpaired) electrons. The molecule has 1 aromatic carbocycles. The zero-order chi connectivity index (χ0) is 23.3. The number of thiophene rings is 1. The predicted molar refractivity (Wildman–Crippen MR) is 126 cm³/mol. The van der Waals surface area contributed by atoms with E-state index in [1.165, 1.54) is 4.90 Å². The van der Waals surface area contributed by atoms with Crippen LogP contribution in [0.1, 0.15) is 37.6 Å². The second-order valence-corrected chi connectivity index (χ2v) is 8.70. The molecule has 0 spiro atoms. The maximum Gasteiger partial charge on any atom is 0.325 e. The number of hydrogen-bond acceptors (Lipinski definition) is 5. The maximum atomic E-state index is 13.3. The minimum Gasteiger partial charge on any atom is -0.465 e. The Morgan fingerprint density at radius 2 is 1.78 bits per heavy atom. The van der Waals surface area contributed by atoms with E-state index in [9.17, 15) is 14.4 Å². The van der Waals surface area contributed by atoms with Crippen LogP contribution in [0.4, 0.5) is 4.79 Å². The van der Waals surface area contributed by atoms with E-state index < -0.39 is 12.0 Å². The number of rotatable bonds is 12. The molecule has 0 saturated heterocycles. The summed E-state index contributed by atoms with van der Waals surface area (Å²) in [4.78, 5) is 42.1. The molecule has 2 aromatic rings. The first kappa shape index (κ1) is 25.4. The standard InChI is InChI=1S/C24H33N3O4S/c1-4-19(3)15-27(24(30)25-14-23(29)31-5-2)18-22(28)26(17-21-12-9-13-32-21)16-20-10-7-6-8-11-20/h6-13,19H,4-5,14-18H2,1-3H3,(H,25,30). The summed E-state index contributed by atoms with van der Waals surface area (Å²) in [6.45, 7) is 7.12. The van der Waals surface area contributed by atoms with Crippen LogP contribution in [-0.4, -0.2) is 53.9 Å². The number of ether oxygens (including phenoxy) is 1. The molecule has 0 saturated carbocycles. The number of esters is 1. The van der Waals surface area contributed by atoms with Crippen LogP contribution >= 0.6 is 11.3 Å². The molecule has 0 aliphatic carbocycles. The first-order valence-corrected chi connectivity index (χ1v) is 11.8. The highest BCUT2D eigenvalue weighted by Crippen LogP contribution is 2.16. The van der Waals surface area contributed by atoms with Crippen LogP contribution in [0.15, 0.2) is 47.8 Å². The van der Waals surface area contributed by atoms with Crippen molar-refractivity contribution < 1.29 is 19.1 Å². The average molecular weight is 460 g/mol. The molecule has 1 aromatic heterocycles. The van der Waals surface area contributed by atoms with E-state index in [1.807, 2.05) is 61.7 Å². The summed E-state index contributed by atoms with van der Waals surface area (Å²) >= 11 is 1.60. The van der Waals surface area contributed by atoms with E-state index in [1.54, 1.807) is 23.2 Å². The number of hydrogen-bond donors (Lipinski definition) is 1. The fraction of sp³-hybridized carbons (Fsp3) is 0.458. The lowest BCUT2D eigenvalue weighted by Crippen LogP contribution is -2.49. The Balaban J connectivity index is 2.12. The van der Waals surface area contributed by atoms with E-state index in [4.69, 9.17) is 4.74 Å². The maximum absolute atomic E-state index is 13.3. The molecule has 7 nitrogen and oxygen atoms in total. The molecule has 0 fully saturated rings. The summed E-state index contributed by atoms with van der Waals surface area (Å²) in [5.41, 5.74) is 1.03. The molecular weight excluding hydrogens is 426 g/mol. The third-order valence-corrected chi connectivity index (χ3v) is 5.89. The minimum absolute atomic E-state index is 0.0583. The lowest BCUT2D eigenvalue weighted by atomic mass is 10.1. The number of benzene rings is 1. The van der Waals surface area contributed by atoms with Gasteiger partial charge in [0, 0.05) is 18.0 Å².